The largest absolute Gasteiger partial charge is 0.462 e. The van der Waals surface area contributed by atoms with Gasteiger partial charge in [0.1, 0.15) is 0 Å². The summed E-state index contributed by atoms with van der Waals surface area (Å²) < 4.78 is 5.09. The molecule has 2 amide bonds. The van der Waals surface area contributed by atoms with Crippen molar-refractivity contribution in [3.8, 4) is 12.3 Å². The first-order chi connectivity index (χ1) is 9.72. The minimum Gasteiger partial charge on any atom is -0.462 e. The number of hydrogen-bond donors (Lipinski definition) is 1. The number of carbonyl (C=O) groups excluding carboxylic acids is 2. The fourth-order valence-electron chi connectivity index (χ4n) is 1.92. The number of benzene rings is 1. The van der Waals surface area contributed by atoms with E-state index < -0.39 is 0 Å². The lowest BCUT2D eigenvalue weighted by Crippen LogP contribution is -2.27. The van der Waals surface area contributed by atoms with Crippen LogP contribution in [0, 0.1) is 12.3 Å². The normalized spacial score (nSPS) is 13.8. The molecule has 2 rings (SSSR count). The highest BCUT2D eigenvalue weighted by Crippen LogP contribution is 2.17. The third kappa shape index (κ3) is 3.29. The number of nitrogens with zero attached hydrogens (tertiary/aromatic N) is 1. The van der Waals surface area contributed by atoms with Crippen molar-refractivity contribution in [1.82, 2.24) is 5.32 Å². The van der Waals surface area contributed by atoms with Gasteiger partial charge in [-0.15, -0.1) is 12.3 Å². The zero-order valence-electron chi connectivity index (χ0n) is 11.1. The summed E-state index contributed by atoms with van der Waals surface area (Å²) in [6.07, 6.45) is 6.37. The fraction of sp³-hybridized carbons (Fsp3) is 0.333. The third-order valence-electron chi connectivity index (χ3n) is 2.97. The number of anilines is 1. The monoisotopic (exact) mass is 272 g/mol. The van der Waals surface area contributed by atoms with Gasteiger partial charge in [0.15, 0.2) is 0 Å². The molecule has 0 spiro atoms. The van der Waals surface area contributed by atoms with Crippen LogP contribution in [0.15, 0.2) is 24.3 Å². The first-order valence-electron chi connectivity index (χ1n) is 6.48. The molecule has 1 aliphatic rings. The van der Waals surface area contributed by atoms with Crippen molar-refractivity contribution in [1.29, 1.82) is 0 Å². The molecule has 1 N–H and O–H groups in total. The highest BCUT2D eigenvalue weighted by Gasteiger charge is 2.21. The van der Waals surface area contributed by atoms with E-state index in [2.05, 4.69) is 11.2 Å². The Bertz CT molecular complexity index is 531. The smallest absolute Gasteiger partial charge is 0.338 e. The second-order valence-corrected chi connectivity index (χ2v) is 4.37. The van der Waals surface area contributed by atoms with Crippen LogP contribution in [0.4, 0.5) is 10.5 Å². The molecule has 0 unspecified atom stereocenters. The molecule has 0 saturated carbocycles. The molecule has 0 aliphatic carbocycles. The Kier molecular flexibility index (Phi) is 4.61. The van der Waals surface area contributed by atoms with Gasteiger partial charge in [-0.1, -0.05) is 0 Å². The van der Waals surface area contributed by atoms with Crippen LogP contribution < -0.4 is 10.2 Å². The van der Waals surface area contributed by atoms with E-state index in [1.807, 2.05) is 0 Å². The van der Waals surface area contributed by atoms with E-state index in [4.69, 9.17) is 11.2 Å². The summed E-state index contributed by atoms with van der Waals surface area (Å²) >= 11 is 0. The molecule has 5 nitrogen and oxygen atoms in total. The maximum Gasteiger partial charge on any atom is 0.338 e. The van der Waals surface area contributed by atoms with Crippen LogP contribution in [-0.4, -0.2) is 31.7 Å². The van der Waals surface area contributed by atoms with Gasteiger partial charge in [0.2, 0.25) is 0 Å². The van der Waals surface area contributed by atoms with Crippen molar-refractivity contribution in [2.45, 2.75) is 12.8 Å². The highest BCUT2D eigenvalue weighted by atomic mass is 16.5. The van der Waals surface area contributed by atoms with Gasteiger partial charge < -0.3 is 10.1 Å². The summed E-state index contributed by atoms with van der Waals surface area (Å²) in [6.45, 7) is 1.59. The van der Waals surface area contributed by atoms with Crippen molar-refractivity contribution in [2.75, 3.05) is 24.6 Å². The fourth-order valence-corrected chi connectivity index (χ4v) is 1.92. The van der Waals surface area contributed by atoms with Gasteiger partial charge in [-0.05, 0) is 30.7 Å². The van der Waals surface area contributed by atoms with Gasteiger partial charge in [0, 0.05) is 25.2 Å². The standard InChI is InChI=1S/C15H16N2O3/c1-2-3-4-11-20-14(18)12-5-7-13(8-6-12)17-10-9-16-15(17)19/h1,5-8H,3-4,9-11H2,(H,16,19). The number of amides is 2. The van der Waals surface area contributed by atoms with Crippen LogP contribution in [0.5, 0.6) is 0 Å². The number of esters is 1. The van der Waals surface area contributed by atoms with Crippen molar-refractivity contribution < 1.29 is 14.3 Å². The summed E-state index contributed by atoms with van der Waals surface area (Å²) in [5.74, 6) is 2.11. The molecular weight excluding hydrogens is 256 g/mol. The average Bonchev–Trinajstić information content (AvgIpc) is 2.90. The van der Waals surface area contributed by atoms with E-state index in [-0.39, 0.29) is 12.0 Å². The zero-order chi connectivity index (χ0) is 14.4. The second kappa shape index (κ2) is 6.62. The number of carbonyl (C=O) groups is 2. The van der Waals surface area contributed by atoms with Gasteiger partial charge in [0.25, 0.3) is 0 Å². The summed E-state index contributed by atoms with van der Waals surface area (Å²) in [5, 5.41) is 2.72. The molecule has 20 heavy (non-hydrogen) atoms. The Labute approximate surface area is 117 Å². The van der Waals surface area contributed by atoms with E-state index in [1.165, 1.54) is 0 Å². The van der Waals surface area contributed by atoms with Gasteiger partial charge in [-0.25, -0.2) is 9.59 Å². The Balaban J connectivity index is 1.92. The topological polar surface area (TPSA) is 58.6 Å². The lowest BCUT2D eigenvalue weighted by Gasteiger charge is -2.14. The van der Waals surface area contributed by atoms with Crippen molar-refractivity contribution in [2.24, 2.45) is 0 Å². The number of terminal acetylenes is 1. The van der Waals surface area contributed by atoms with E-state index in [0.29, 0.717) is 38.1 Å². The molecule has 104 valence electrons. The molecule has 0 atom stereocenters. The molecule has 1 aromatic carbocycles. The number of ether oxygens (including phenoxy) is 1. The number of hydrogen-bond acceptors (Lipinski definition) is 3. The van der Waals surface area contributed by atoms with Gasteiger partial charge in [-0.2, -0.15) is 0 Å². The molecule has 1 aliphatic heterocycles. The van der Waals surface area contributed by atoms with Gasteiger partial charge in [-0.3, -0.25) is 4.90 Å². The minimum absolute atomic E-state index is 0.116. The summed E-state index contributed by atoms with van der Waals surface area (Å²) in [5.41, 5.74) is 1.23. The molecule has 0 bridgehead atoms. The molecule has 5 heteroatoms. The molecule has 0 aromatic heterocycles. The van der Waals surface area contributed by atoms with Crippen LogP contribution in [-0.2, 0) is 4.74 Å². The van der Waals surface area contributed by atoms with Gasteiger partial charge in [0.05, 0.1) is 12.2 Å². The van der Waals surface area contributed by atoms with Crippen molar-refractivity contribution in [3.05, 3.63) is 29.8 Å². The zero-order valence-corrected chi connectivity index (χ0v) is 11.1. The summed E-state index contributed by atoms with van der Waals surface area (Å²) in [6, 6.07) is 6.68. The molecule has 1 saturated heterocycles. The molecular formula is C15H16N2O3. The van der Waals surface area contributed by atoms with Crippen molar-refractivity contribution in [3.63, 3.8) is 0 Å². The Hall–Kier alpha value is -2.48. The molecule has 1 fully saturated rings. The number of unbranched alkanes of at least 4 members (excludes halogenated alkanes) is 1. The van der Waals surface area contributed by atoms with Crippen LogP contribution in [0.25, 0.3) is 0 Å². The predicted molar refractivity (Wildman–Crippen MR) is 75.5 cm³/mol. The lowest BCUT2D eigenvalue weighted by molar-refractivity contribution is 0.0502. The number of rotatable bonds is 5. The van der Waals surface area contributed by atoms with E-state index in [1.54, 1.807) is 29.2 Å². The first-order valence-corrected chi connectivity index (χ1v) is 6.48. The Morgan fingerprint density at radius 2 is 2.15 bits per heavy atom. The second-order valence-electron chi connectivity index (χ2n) is 4.37. The average molecular weight is 272 g/mol. The van der Waals surface area contributed by atoms with E-state index >= 15 is 0 Å². The van der Waals surface area contributed by atoms with E-state index in [9.17, 15) is 9.59 Å². The summed E-state index contributed by atoms with van der Waals surface area (Å²) in [4.78, 5) is 24.9. The maximum absolute atomic E-state index is 11.7. The first kappa shape index (κ1) is 13.9. The number of urea groups is 1. The third-order valence-corrected chi connectivity index (χ3v) is 2.97. The molecule has 1 heterocycles. The highest BCUT2D eigenvalue weighted by molar-refractivity contribution is 5.95. The van der Waals surface area contributed by atoms with Crippen LogP contribution >= 0.6 is 0 Å². The van der Waals surface area contributed by atoms with Crippen LogP contribution in [0.2, 0.25) is 0 Å². The quantitative estimate of drug-likeness (QED) is 0.505. The summed E-state index contributed by atoms with van der Waals surface area (Å²) in [7, 11) is 0. The Morgan fingerprint density at radius 3 is 2.75 bits per heavy atom. The molecule has 0 radical (unpaired) electrons. The molecule has 1 aromatic rings. The number of nitrogens with one attached hydrogen (secondary N) is 1. The minimum atomic E-state index is -0.376. The maximum atomic E-state index is 11.7. The van der Waals surface area contributed by atoms with Crippen LogP contribution in [0.3, 0.4) is 0 Å². The SMILES string of the molecule is C#CCCCOC(=O)c1ccc(N2CCNC2=O)cc1. The van der Waals surface area contributed by atoms with E-state index in [0.717, 1.165) is 5.69 Å². The Morgan fingerprint density at radius 1 is 1.40 bits per heavy atom. The van der Waals surface area contributed by atoms with Crippen molar-refractivity contribution >= 4 is 17.7 Å². The lowest BCUT2D eigenvalue weighted by atomic mass is 10.2. The van der Waals surface area contributed by atoms with Crippen LogP contribution in [0.1, 0.15) is 23.2 Å². The predicted octanol–water partition coefficient (Wildman–Crippen LogP) is 1.79. The van der Waals surface area contributed by atoms with Gasteiger partial charge >= 0.3 is 12.0 Å².